The lowest BCUT2D eigenvalue weighted by Gasteiger charge is -2.04. The largest absolute Gasteiger partial charge is 0.484 e. The Balaban J connectivity index is 1.55. The summed E-state index contributed by atoms with van der Waals surface area (Å²) in [5.74, 6) is 0.808. The topological polar surface area (TPSA) is 107 Å². The number of hydrazone groups is 1. The van der Waals surface area contributed by atoms with Gasteiger partial charge in [-0.15, -0.1) is 0 Å². The minimum absolute atomic E-state index is 0.115. The summed E-state index contributed by atoms with van der Waals surface area (Å²) in [6.45, 7) is -0.221. The summed E-state index contributed by atoms with van der Waals surface area (Å²) in [7, 11) is 0. The van der Waals surface area contributed by atoms with Crippen LogP contribution >= 0.6 is 23.2 Å². The third-order valence-corrected chi connectivity index (χ3v) is 4.19. The van der Waals surface area contributed by atoms with Gasteiger partial charge in [0.05, 0.1) is 16.2 Å². The molecule has 1 amide bonds. The monoisotopic (exact) mass is 433 g/mol. The van der Waals surface area contributed by atoms with Gasteiger partial charge in [-0.1, -0.05) is 23.2 Å². The lowest BCUT2D eigenvalue weighted by Crippen LogP contribution is -2.24. The molecule has 3 rings (SSSR count). The molecule has 0 atom stereocenters. The second kappa shape index (κ2) is 9.22. The number of amides is 1. The first-order valence-electron chi connectivity index (χ1n) is 8.17. The summed E-state index contributed by atoms with van der Waals surface area (Å²) in [4.78, 5) is 22.0. The van der Waals surface area contributed by atoms with E-state index in [9.17, 15) is 14.9 Å². The van der Waals surface area contributed by atoms with Crippen molar-refractivity contribution in [2.45, 2.75) is 0 Å². The SMILES string of the molecule is O=C(COc1ccc(Cl)cc1)N/N=C\c1ccc(-c2ccc([N+](=O)[O-])cc2Cl)o1. The molecule has 10 heteroatoms. The zero-order valence-corrected chi connectivity index (χ0v) is 16.2. The van der Waals surface area contributed by atoms with Crippen LogP contribution in [0.4, 0.5) is 5.69 Å². The fraction of sp³-hybridized carbons (Fsp3) is 0.0526. The lowest BCUT2D eigenvalue weighted by molar-refractivity contribution is -0.384. The summed E-state index contributed by atoms with van der Waals surface area (Å²) < 4.78 is 10.9. The highest BCUT2D eigenvalue weighted by atomic mass is 35.5. The van der Waals surface area contributed by atoms with E-state index in [0.29, 0.717) is 27.9 Å². The Hall–Kier alpha value is -3.36. The molecule has 3 aromatic rings. The van der Waals surface area contributed by atoms with E-state index in [1.165, 1.54) is 24.4 Å². The number of hydrogen-bond donors (Lipinski definition) is 1. The summed E-state index contributed by atoms with van der Waals surface area (Å²) in [6, 6.07) is 13.9. The van der Waals surface area contributed by atoms with Crippen molar-refractivity contribution in [1.29, 1.82) is 0 Å². The fourth-order valence-electron chi connectivity index (χ4n) is 2.26. The van der Waals surface area contributed by atoms with Crippen molar-refractivity contribution < 1.29 is 18.9 Å². The first-order chi connectivity index (χ1) is 13.9. The number of rotatable bonds is 7. The van der Waals surface area contributed by atoms with Gasteiger partial charge in [-0.3, -0.25) is 14.9 Å². The molecule has 1 aromatic heterocycles. The Morgan fingerprint density at radius 1 is 1.17 bits per heavy atom. The van der Waals surface area contributed by atoms with E-state index in [-0.39, 0.29) is 17.3 Å². The minimum Gasteiger partial charge on any atom is -0.484 e. The molecule has 0 aliphatic rings. The second-order valence-electron chi connectivity index (χ2n) is 5.66. The van der Waals surface area contributed by atoms with Gasteiger partial charge in [0.2, 0.25) is 0 Å². The van der Waals surface area contributed by atoms with E-state index in [2.05, 4.69) is 10.5 Å². The van der Waals surface area contributed by atoms with Crippen LogP contribution in [0.5, 0.6) is 5.75 Å². The Morgan fingerprint density at radius 2 is 1.93 bits per heavy atom. The summed E-state index contributed by atoms with van der Waals surface area (Å²) in [5.41, 5.74) is 2.69. The molecule has 29 heavy (non-hydrogen) atoms. The van der Waals surface area contributed by atoms with E-state index in [0.717, 1.165) is 0 Å². The number of non-ortho nitro benzene ring substituents is 1. The van der Waals surface area contributed by atoms with E-state index in [4.69, 9.17) is 32.4 Å². The molecule has 0 bridgehead atoms. The molecule has 0 saturated heterocycles. The summed E-state index contributed by atoms with van der Waals surface area (Å²) in [6.07, 6.45) is 1.31. The van der Waals surface area contributed by atoms with Crippen molar-refractivity contribution in [3.05, 3.63) is 80.5 Å². The molecule has 8 nitrogen and oxygen atoms in total. The van der Waals surface area contributed by atoms with Crippen LogP contribution in [0.1, 0.15) is 5.76 Å². The minimum atomic E-state index is -0.533. The number of carbonyl (C=O) groups excluding carboxylic acids is 1. The maximum Gasteiger partial charge on any atom is 0.277 e. The fourth-order valence-corrected chi connectivity index (χ4v) is 2.66. The number of furan rings is 1. The van der Waals surface area contributed by atoms with Gasteiger partial charge < -0.3 is 9.15 Å². The number of nitro benzene ring substituents is 1. The van der Waals surface area contributed by atoms with Crippen LogP contribution in [0.2, 0.25) is 10.0 Å². The van der Waals surface area contributed by atoms with Gasteiger partial charge in [0.15, 0.2) is 6.61 Å². The quantitative estimate of drug-likeness (QED) is 0.330. The smallest absolute Gasteiger partial charge is 0.277 e. The molecule has 0 aliphatic carbocycles. The molecule has 0 unspecified atom stereocenters. The molecule has 148 valence electrons. The molecule has 1 N–H and O–H groups in total. The molecule has 1 heterocycles. The Kier molecular flexibility index (Phi) is 6.48. The van der Waals surface area contributed by atoms with Crippen LogP contribution in [0, 0.1) is 10.1 Å². The molecule has 0 radical (unpaired) electrons. The summed E-state index contributed by atoms with van der Waals surface area (Å²) in [5, 5.41) is 15.3. The number of ether oxygens (including phenoxy) is 1. The zero-order chi connectivity index (χ0) is 20.8. The number of carbonyl (C=O) groups is 1. The van der Waals surface area contributed by atoms with Gasteiger partial charge in [0, 0.05) is 22.7 Å². The van der Waals surface area contributed by atoms with E-state index in [1.807, 2.05) is 0 Å². The predicted octanol–water partition coefficient (Wildman–Crippen LogP) is 4.69. The molecule has 2 aromatic carbocycles. The number of halogens is 2. The molecule has 0 aliphatic heterocycles. The van der Waals surface area contributed by atoms with Gasteiger partial charge in [-0.25, -0.2) is 5.43 Å². The highest BCUT2D eigenvalue weighted by Gasteiger charge is 2.13. The normalized spacial score (nSPS) is 10.8. The van der Waals surface area contributed by atoms with Crippen LogP contribution < -0.4 is 10.2 Å². The molecule has 0 saturated carbocycles. The predicted molar refractivity (Wildman–Crippen MR) is 108 cm³/mol. The van der Waals surface area contributed by atoms with Crippen molar-refractivity contribution in [3.63, 3.8) is 0 Å². The van der Waals surface area contributed by atoms with Crippen LogP contribution in [0.25, 0.3) is 11.3 Å². The number of nitro groups is 1. The van der Waals surface area contributed by atoms with Crippen LogP contribution in [-0.2, 0) is 4.79 Å². The number of nitrogens with one attached hydrogen (secondary N) is 1. The Morgan fingerprint density at radius 3 is 2.62 bits per heavy atom. The van der Waals surface area contributed by atoms with Gasteiger partial charge >= 0.3 is 0 Å². The highest BCUT2D eigenvalue weighted by Crippen LogP contribution is 2.32. The van der Waals surface area contributed by atoms with Crippen molar-refractivity contribution in [2.24, 2.45) is 5.10 Å². The number of nitrogens with zero attached hydrogens (tertiary/aromatic N) is 2. The van der Waals surface area contributed by atoms with Crippen molar-refractivity contribution in [2.75, 3.05) is 6.61 Å². The zero-order valence-electron chi connectivity index (χ0n) is 14.7. The Bertz CT molecular complexity index is 1060. The standard InChI is InChI=1S/C19H13Cl2N3O5/c20-12-1-4-14(5-2-12)28-11-19(25)23-22-10-15-6-8-18(29-15)16-7-3-13(24(26)27)9-17(16)21/h1-10H,11H2,(H,23,25)/b22-10-. The van der Waals surface area contributed by atoms with Crippen molar-refractivity contribution >= 4 is 41.0 Å². The maximum absolute atomic E-state index is 11.8. The average molecular weight is 434 g/mol. The number of benzene rings is 2. The molecule has 0 fully saturated rings. The van der Waals surface area contributed by atoms with E-state index >= 15 is 0 Å². The van der Waals surface area contributed by atoms with Gasteiger partial charge in [-0.05, 0) is 42.5 Å². The van der Waals surface area contributed by atoms with Crippen molar-refractivity contribution in [1.82, 2.24) is 5.43 Å². The molecular formula is C19H13Cl2N3O5. The average Bonchev–Trinajstić information content (AvgIpc) is 3.16. The van der Waals surface area contributed by atoms with E-state index in [1.54, 1.807) is 36.4 Å². The first kappa shape index (κ1) is 20.4. The van der Waals surface area contributed by atoms with Crippen LogP contribution in [0.15, 0.2) is 64.1 Å². The van der Waals surface area contributed by atoms with Crippen LogP contribution in [-0.4, -0.2) is 23.7 Å². The second-order valence-corrected chi connectivity index (χ2v) is 6.50. The van der Waals surface area contributed by atoms with Crippen molar-refractivity contribution in [3.8, 4) is 17.1 Å². The maximum atomic E-state index is 11.8. The lowest BCUT2D eigenvalue weighted by atomic mass is 10.1. The number of hydrogen-bond acceptors (Lipinski definition) is 6. The van der Waals surface area contributed by atoms with Gasteiger partial charge in [0.25, 0.3) is 11.6 Å². The highest BCUT2D eigenvalue weighted by molar-refractivity contribution is 6.33. The third kappa shape index (κ3) is 5.56. The van der Waals surface area contributed by atoms with Gasteiger partial charge in [-0.2, -0.15) is 5.10 Å². The third-order valence-electron chi connectivity index (χ3n) is 3.62. The van der Waals surface area contributed by atoms with Gasteiger partial charge in [0.1, 0.15) is 17.3 Å². The Labute approximate surface area is 174 Å². The van der Waals surface area contributed by atoms with Crippen LogP contribution in [0.3, 0.4) is 0 Å². The van der Waals surface area contributed by atoms with E-state index < -0.39 is 10.8 Å². The molecular weight excluding hydrogens is 421 g/mol. The first-order valence-corrected chi connectivity index (χ1v) is 8.92. The summed E-state index contributed by atoms with van der Waals surface area (Å²) >= 11 is 11.9. The molecule has 0 spiro atoms.